The van der Waals surface area contributed by atoms with Crippen LogP contribution in [0.5, 0.6) is 0 Å². The molecule has 0 fully saturated rings. The Hall–Kier alpha value is -2.34. The molecule has 0 saturated heterocycles. The van der Waals surface area contributed by atoms with Crippen molar-refractivity contribution < 1.29 is 18.3 Å². The van der Waals surface area contributed by atoms with E-state index in [1.54, 1.807) is 18.3 Å². The number of benzene rings is 2. The third-order valence-electron chi connectivity index (χ3n) is 3.29. The largest absolute Gasteiger partial charge is 0.416 e. The summed E-state index contributed by atoms with van der Waals surface area (Å²) in [5, 5.41) is 14.0. The standard InChI is InChI=1S/C15H11F3N2O/c16-15(17,18)13-7-12(6-5-11(13)9-21)20-14-4-2-1-3-10(14)8-19-20/h1-8,21H,9H2. The number of rotatable bonds is 2. The highest BCUT2D eigenvalue weighted by Gasteiger charge is 2.33. The normalized spacial score (nSPS) is 12.0. The Labute approximate surface area is 118 Å². The van der Waals surface area contributed by atoms with Crippen LogP contribution < -0.4 is 0 Å². The van der Waals surface area contributed by atoms with Crippen LogP contribution in [-0.2, 0) is 12.8 Å². The van der Waals surface area contributed by atoms with Crippen LogP contribution in [0.2, 0.25) is 0 Å². The lowest BCUT2D eigenvalue weighted by molar-refractivity contribution is -0.138. The van der Waals surface area contributed by atoms with E-state index in [1.807, 2.05) is 12.1 Å². The Bertz CT molecular complexity index is 793. The number of aliphatic hydroxyl groups is 1. The number of hydrogen-bond acceptors (Lipinski definition) is 2. The van der Waals surface area contributed by atoms with Crippen molar-refractivity contribution in [2.24, 2.45) is 0 Å². The summed E-state index contributed by atoms with van der Waals surface area (Å²) in [5.74, 6) is 0. The number of alkyl halides is 3. The lowest BCUT2D eigenvalue weighted by atomic mass is 10.1. The average Bonchev–Trinajstić information content (AvgIpc) is 2.89. The second-order valence-electron chi connectivity index (χ2n) is 4.61. The van der Waals surface area contributed by atoms with Crippen molar-refractivity contribution in [2.75, 3.05) is 0 Å². The maximum atomic E-state index is 13.0. The molecule has 0 bridgehead atoms. The molecular formula is C15H11F3N2O. The molecule has 0 saturated carbocycles. The minimum Gasteiger partial charge on any atom is -0.392 e. The Morgan fingerprint density at radius 3 is 2.57 bits per heavy atom. The Kier molecular flexibility index (Phi) is 3.17. The molecule has 6 heteroatoms. The Morgan fingerprint density at radius 1 is 1.10 bits per heavy atom. The van der Waals surface area contributed by atoms with Crippen molar-refractivity contribution in [2.45, 2.75) is 12.8 Å². The summed E-state index contributed by atoms with van der Waals surface area (Å²) in [5.41, 5.74) is 0.0351. The monoisotopic (exact) mass is 292 g/mol. The minimum atomic E-state index is -4.52. The molecule has 108 valence electrons. The van der Waals surface area contributed by atoms with Gasteiger partial charge in [0.05, 0.1) is 29.6 Å². The minimum absolute atomic E-state index is 0.150. The smallest absolute Gasteiger partial charge is 0.392 e. The maximum Gasteiger partial charge on any atom is 0.416 e. The summed E-state index contributed by atoms with van der Waals surface area (Å²) in [6, 6.07) is 11.1. The van der Waals surface area contributed by atoms with E-state index in [9.17, 15) is 13.2 Å². The molecule has 3 nitrogen and oxygen atoms in total. The fraction of sp³-hybridized carbons (Fsp3) is 0.133. The summed E-state index contributed by atoms with van der Waals surface area (Å²) in [7, 11) is 0. The molecule has 0 spiro atoms. The van der Waals surface area contributed by atoms with Gasteiger partial charge in [0.2, 0.25) is 0 Å². The van der Waals surface area contributed by atoms with E-state index in [2.05, 4.69) is 5.10 Å². The maximum absolute atomic E-state index is 13.0. The predicted molar refractivity (Wildman–Crippen MR) is 72.0 cm³/mol. The Morgan fingerprint density at radius 2 is 1.86 bits per heavy atom. The molecule has 1 aromatic heterocycles. The van der Waals surface area contributed by atoms with Crippen molar-refractivity contribution in [3.05, 3.63) is 59.8 Å². The molecule has 21 heavy (non-hydrogen) atoms. The highest BCUT2D eigenvalue weighted by Crippen LogP contribution is 2.34. The number of nitrogens with zero attached hydrogens (tertiary/aromatic N) is 2. The number of hydrogen-bond donors (Lipinski definition) is 1. The van der Waals surface area contributed by atoms with E-state index in [0.29, 0.717) is 5.69 Å². The highest BCUT2D eigenvalue weighted by atomic mass is 19.4. The van der Waals surface area contributed by atoms with Gasteiger partial charge in [-0.1, -0.05) is 24.3 Å². The highest BCUT2D eigenvalue weighted by molar-refractivity contribution is 5.80. The summed E-state index contributed by atoms with van der Waals surface area (Å²) >= 11 is 0. The van der Waals surface area contributed by atoms with E-state index in [-0.39, 0.29) is 5.56 Å². The summed E-state index contributed by atoms with van der Waals surface area (Å²) in [6.45, 7) is -0.658. The Balaban J connectivity index is 2.19. The predicted octanol–water partition coefficient (Wildman–Crippen LogP) is 3.54. The molecule has 0 amide bonds. The third-order valence-corrected chi connectivity index (χ3v) is 3.29. The molecule has 3 rings (SSSR count). The van der Waals surface area contributed by atoms with Crippen molar-refractivity contribution >= 4 is 10.9 Å². The van der Waals surface area contributed by atoms with Crippen LogP contribution in [0.3, 0.4) is 0 Å². The van der Waals surface area contributed by atoms with Crippen LogP contribution in [-0.4, -0.2) is 14.9 Å². The van der Waals surface area contributed by atoms with Crippen molar-refractivity contribution in [1.82, 2.24) is 9.78 Å². The van der Waals surface area contributed by atoms with E-state index < -0.39 is 18.3 Å². The molecule has 0 aliphatic rings. The molecule has 0 unspecified atom stereocenters. The summed E-state index contributed by atoms with van der Waals surface area (Å²) in [4.78, 5) is 0. The van der Waals surface area contributed by atoms with Crippen molar-refractivity contribution in [3.63, 3.8) is 0 Å². The lowest BCUT2D eigenvalue weighted by Crippen LogP contribution is -2.11. The van der Waals surface area contributed by atoms with Crippen LogP contribution in [0, 0.1) is 0 Å². The first-order valence-corrected chi connectivity index (χ1v) is 6.25. The number of halogens is 3. The van der Waals surface area contributed by atoms with Gasteiger partial charge in [0, 0.05) is 5.39 Å². The molecule has 0 radical (unpaired) electrons. The molecule has 1 heterocycles. The van der Waals surface area contributed by atoms with Gasteiger partial charge in [-0.3, -0.25) is 0 Å². The fourth-order valence-electron chi connectivity index (χ4n) is 2.28. The first kappa shape index (κ1) is 13.6. The van der Waals surface area contributed by atoms with Crippen LogP contribution in [0.1, 0.15) is 11.1 Å². The quantitative estimate of drug-likeness (QED) is 0.784. The van der Waals surface area contributed by atoms with Crippen LogP contribution in [0.15, 0.2) is 48.7 Å². The van der Waals surface area contributed by atoms with Gasteiger partial charge in [0.15, 0.2) is 0 Å². The molecule has 3 aromatic rings. The van der Waals surface area contributed by atoms with Crippen molar-refractivity contribution in [3.8, 4) is 5.69 Å². The SMILES string of the molecule is OCc1ccc(-n2ncc3ccccc32)cc1C(F)(F)F. The van der Waals surface area contributed by atoms with Gasteiger partial charge in [-0.2, -0.15) is 18.3 Å². The molecule has 1 N–H and O–H groups in total. The number of aliphatic hydroxyl groups excluding tert-OH is 1. The molecule has 0 aliphatic heterocycles. The zero-order chi connectivity index (χ0) is 15.0. The molecular weight excluding hydrogens is 281 g/mol. The average molecular weight is 292 g/mol. The second kappa shape index (κ2) is 4.89. The van der Waals surface area contributed by atoms with Gasteiger partial charge in [0.1, 0.15) is 0 Å². The van der Waals surface area contributed by atoms with Gasteiger partial charge in [-0.25, -0.2) is 4.68 Å². The third kappa shape index (κ3) is 2.38. The number of aromatic nitrogens is 2. The number of fused-ring (bicyclic) bond motifs is 1. The van der Waals surface area contributed by atoms with Gasteiger partial charge >= 0.3 is 6.18 Å². The fourth-order valence-corrected chi connectivity index (χ4v) is 2.28. The van der Waals surface area contributed by atoms with Gasteiger partial charge < -0.3 is 5.11 Å². The first-order valence-electron chi connectivity index (χ1n) is 6.25. The van der Waals surface area contributed by atoms with Gasteiger partial charge in [-0.15, -0.1) is 0 Å². The zero-order valence-corrected chi connectivity index (χ0v) is 10.8. The van der Waals surface area contributed by atoms with E-state index in [1.165, 1.54) is 16.8 Å². The van der Waals surface area contributed by atoms with Crippen molar-refractivity contribution in [1.29, 1.82) is 0 Å². The topological polar surface area (TPSA) is 38.0 Å². The molecule has 2 aromatic carbocycles. The van der Waals surface area contributed by atoms with Crippen LogP contribution >= 0.6 is 0 Å². The lowest BCUT2D eigenvalue weighted by Gasteiger charge is -2.13. The number of para-hydroxylation sites is 1. The second-order valence-corrected chi connectivity index (χ2v) is 4.61. The summed E-state index contributed by atoms with van der Waals surface area (Å²) in [6.07, 6.45) is -2.92. The van der Waals surface area contributed by atoms with E-state index in [0.717, 1.165) is 17.0 Å². The summed E-state index contributed by atoms with van der Waals surface area (Å²) < 4.78 is 40.5. The van der Waals surface area contributed by atoms with Crippen LogP contribution in [0.4, 0.5) is 13.2 Å². The van der Waals surface area contributed by atoms with Gasteiger partial charge in [0.25, 0.3) is 0 Å². The molecule has 0 aliphatic carbocycles. The first-order chi connectivity index (χ1) is 10.0. The molecule has 0 atom stereocenters. The van der Waals surface area contributed by atoms with Gasteiger partial charge in [-0.05, 0) is 23.8 Å². The van der Waals surface area contributed by atoms with E-state index >= 15 is 0 Å². The van der Waals surface area contributed by atoms with Crippen LogP contribution in [0.25, 0.3) is 16.6 Å². The van der Waals surface area contributed by atoms with E-state index in [4.69, 9.17) is 5.11 Å². The zero-order valence-electron chi connectivity index (χ0n) is 10.8.